The minimum absolute atomic E-state index is 0.197. The zero-order valence-electron chi connectivity index (χ0n) is 10.3. The predicted molar refractivity (Wildman–Crippen MR) is 68.8 cm³/mol. The fraction of sp³-hybridized carbons (Fsp3) is 0.923. The van der Waals surface area contributed by atoms with Crippen molar-refractivity contribution in [3.8, 4) is 0 Å². The monoisotopic (exact) mass is 245 g/mol. The molecule has 0 saturated heterocycles. The molecule has 1 rings (SSSR count). The van der Waals surface area contributed by atoms with Crippen LogP contribution in [0.4, 0.5) is 0 Å². The quantitative estimate of drug-likeness (QED) is 0.563. The first-order valence-electron chi connectivity index (χ1n) is 6.59. The lowest BCUT2D eigenvalue weighted by atomic mass is 9.84. The van der Waals surface area contributed by atoms with E-state index in [1.165, 1.54) is 32.1 Å². The van der Waals surface area contributed by atoms with Crippen molar-refractivity contribution in [1.82, 2.24) is 5.32 Å². The molecule has 1 amide bonds. The maximum absolute atomic E-state index is 11.6. The number of halogens is 1. The van der Waals surface area contributed by atoms with Gasteiger partial charge in [0.05, 0.1) is 0 Å². The van der Waals surface area contributed by atoms with E-state index in [4.69, 9.17) is 11.6 Å². The minimum Gasteiger partial charge on any atom is -0.353 e. The summed E-state index contributed by atoms with van der Waals surface area (Å²) in [6.45, 7) is 2.15. The van der Waals surface area contributed by atoms with Crippen molar-refractivity contribution < 1.29 is 4.79 Å². The van der Waals surface area contributed by atoms with Gasteiger partial charge in [0.25, 0.3) is 0 Å². The average molecular weight is 246 g/mol. The van der Waals surface area contributed by atoms with E-state index < -0.39 is 0 Å². The highest BCUT2D eigenvalue weighted by atomic mass is 35.5. The molecule has 94 valence electrons. The van der Waals surface area contributed by atoms with Crippen LogP contribution >= 0.6 is 11.6 Å². The maximum Gasteiger partial charge on any atom is 0.220 e. The number of carbonyl (C=O) groups is 1. The molecule has 1 fully saturated rings. The molecule has 0 heterocycles. The van der Waals surface area contributed by atoms with Gasteiger partial charge in [-0.1, -0.05) is 19.3 Å². The molecule has 2 nitrogen and oxygen atoms in total. The van der Waals surface area contributed by atoms with Crippen molar-refractivity contribution in [2.75, 3.05) is 5.88 Å². The van der Waals surface area contributed by atoms with Crippen molar-refractivity contribution in [1.29, 1.82) is 0 Å². The van der Waals surface area contributed by atoms with Gasteiger partial charge < -0.3 is 5.32 Å². The first kappa shape index (κ1) is 13.8. The Morgan fingerprint density at radius 1 is 1.31 bits per heavy atom. The third kappa shape index (κ3) is 5.20. The normalized spacial score (nSPS) is 19.4. The Morgan fingerprint density at radius 3 is 2.62 bits per heavy atom. The zero-order valence-corrected chi connectivity index (χ0v) is 11.1. The van der Waals surface area contributed by atoms with Crippen LogP contribution < -0.4 is 5.32 Å². The molecule has 1 unspecified atom stereocenters. The standard InChI is InChI=1S/C13H24ClNO/c1-11(12-7-3-2-4-8-12)15-13(16)9-5-6-10-14/h11-12H,2-10H2,1H3,(H,15,16). The van der Waals surface area contributed by atoms with Crippen LogP contribution in [0.15, 0.2) is 0 Å². The molecule has 0 aromatic carbocycles. The van der Waals surface area contributed by atoms with Crippen LogP contribution in [0.5, 0.6) is 0 Å². The Hall–Kier alpha value is -0.240. The molecule has 16 heavy (non-hydrogen) atoms. The van der Waals surface area contributed by atoms with E-state index in [0.29, 0.717) is 24.3 Å². The highest BCUT2D eigenvalue weighted by molar-refractivity contribution is 6.17. The van der Waals surface area contributed by atoms with Gasteiger partial charge in [-0.15, -0.1) is 11.6 Å². The number of amides is 1. The molecule has 1 saturated carbocycles. The number of unbranched alkanes of at least 4 members (excludes halogenated alkanes) is 1. The Balaban J connectivity index is 2.16. The molecule has 1 aliphatic rings. The van der Waals surface area contributed by atoms with Crippen LogP contribution in [0.3, 0.4) is 0 Å². The van der Waals surface area contributed by atoms with Gasteiger partial charge in [0, 0.05) is 18.3 Å². The molecule has 0 bridgehead atoms. The van der Waals surface area contributed by atoms with E-state index in [-0.39, 0.29) is 5.91 Å². The molecule has 1 N–H and O–H groups in total. The first-order valence-corrected chi connectivity index (χ1v) is 7.13. The van der Waals surface area contributed by atoms with Gasteiger partial charge in [-0.05, 0) is 38.5 Å². The number of alkyl halides is 1. The van der Waals surface area contributed by atoms with Gasteiger partial charge in [0.15, 0.2) is 0 Å². The van der Waals surface area contributed by atoms with Gasteiger partial charge in [0.2, 0.25) is 5.91 Å². The Bertz CT molecular complexity index is 202. The van der Waals surface area contributed by atoms with Gasteiger partial charge in [-0.25, -0.2) is 0 Å². The summed E-state index contributed by atoms with van der Waals surface area (Å²) in [4.78, 5) is 11.6. The van der Waals surface area contributed by atoms with Crippen molar-refractivity contribution in [2.24, 2.45) is 5.92 Å². The van der Waals surface area contributed by atoms with Crippen molar-refractivity contribution >= 4 is 17.5 Å². The second-order valence-electron chi connectivity index (χ2n) is 4.90. The van der Waals surface area contributed by atoms with Crippen LogP contribution in [0.2, 0.25) is 0 Å². The lowest BCUT2D eigenvalue weighted by Crippen LogP contribution is -2.38. The molecule has 0 spiro atoms. The number of hydrogen-bond donors (Lipinski definition) is 1. The van der Waals surface area contributed by atoms with Crippen LogP contribution in [0.1, 0.15) is 58.3 Å². The molecule has 0 aromatic rings. The predicted octanol–water partition coefficient (Wildman–Crippen LogP) is 3.48. The summed E-state index contributed by atoms with van der Waals surface area (Å²) in [5.41, 5.74) is 0. The van der Waals surface area contributed by atoms with E-state index in [9.17, 15) is 4.79 Å². The molecule has 0 radical (unpaired) electrons. The molecule has 1 atom stereocenters. The Kier molecular flexibility index (Phi) is 6.86. The average Bonchev–Trinajstić information content (AvgIpc) is 2.30. The van der Waals surface area contributed by atoms with E-state index in [2.05, 4.69) is 12.2 Å². The van der Waals surface area contributed by atoms with Crippen molar-refractivity contribution in [2.45, 2.75) is 64.3 Å². The SMILES string of the molecule is CC(NC(=O)CCCCCl)C1CCCCC1. The fourth-order valence-corrected chi connectivity index (χ4v) is 2.65. The van der Waals surface area contributed by atoms with Crippen molar-refractivity contribution in [3.63, 3.8) is 0 Å². The topological polar surface area (TPSA) is 29.1 Å². The molecular formula is C13H24ClNO. The zero-order chi connectivity index (χ0) is 11.8. The number of hydrogen-bond acceptors (Lipinski definition) is 1. The smallest absolute Gasteiger partial charge is 0.220 e. The second-order valence-corrected chi connectivity index (χ2v) is 5.28. The summed E-state index contributed by atoms with van der Waals surface area (Å²) < 4.78 is 0. The van der Waals surface area contributed by atoms with Gasteiger partial charge in [0.1, 0.15) is 0 Å². The summed E-state index contributed by atoms with van der Waals surface area (Å²) in [7, 11) is 0. The lowest BCUT2D eigenvalue weighted by molar-refractivity contribution is -0.122. The summed E-state index contributed by atoms with van der Waals surface area (Å²) in [6, 6.07) is 0.351. The van der Waals surface area contributed by atoms with E-state index in [0.717, 1.165) is 12.8 Å². The van der Waals surface area contributed by atoms with Gasteiger partial charge in [-0.3, -0.25) is 4.79 Å². The van der Waals surface area contributed by atoms with Crippen LogP contribution in [-0.4, -0.2) is 17.8 Å². The Morgan fingerprint density at radius 2 is 2.00 bits per heavy atom. The number of rotatable bonds is 6. The maximum atomic E-state index is 11.6. The minimum atomic E-state index is 0.197. The van der Waals surface area contributed by atoms with Crippen molar-refractivity contribution in [3.05, 3.63) is 0 Å². The van der Waals surface area contributed by atoms with E-state index in [1.807, 2.05) is 0 Å². The number of nitrogens with one attached hydrogen (secondary N) is 1. The molecular weight excluding hydrogens is 222 g/mol. The Labute approximate surface area is 104 Å². The van der Waals surface area contributed by atoms with E-state index >= 15 is 0 Å². The lowest BCUT2D eigenvalue weighted by Gasteiger charge is -2.28. The van der Waals surface area contributed by atoms with Gasteiger partial charge >= 0.3 is 0 Å². The molecule has 3 heteroatoms. The first-order chi connectivity index (χ1) is 7.74. The van der Waals surface area contributed by atoms with Gasteiger partial charge in [-0.2, -0.15) is 0 Å². The summed E-state index contributed by atoms with van der Waals surface area (Å²) in [5.74, 6) is 1.56. The van der Waals surface area contributed by atoms with Crippen LogP contribution in [0, 0.1) is 5.92 Å². The summed E-state index contributed by atoms with van der Waals surface area (Å²) >= 11 is 5.58. The third-order valence-corrected chi connectivity index (χ3v) is 3.80. The molecule has 0 aliphatic heterocycles. The number of carbonyl (C=O) groups excluding carboxylic acids is 1. The third-order valence-electron chi connectivity index (χ3n) is 3.53. The molecule has 1 aliphatic carbocycles. The second kappa shape index (κ2) is 7.94. The molecule has 0 aromatic heterocycles. The largest absolute Gasteiger partial charge is 0.353 e. The van der Waals surface area contributed by atoms with Crippen LogP contribution in [-0.2, 0) is 4.79 Å². The van der Waals surface area contributed by atoms with Crippen LogP contribution in [0.25, 0.3) is 0 Å². The highest BCUT2D eigenvalue weighted by Gasteiger charge is 2.20. The summed E-state index contributed by atoms with van der Waals surface area (Å²) in [5, 5.41) is 3.13. The highest BCUT2D eigenvalue weighted by Crippen LogP contribution is 2.26. The fourth-order valence-electron chi connectivity index (χ4n) is 2.46. The van der Waals surface area contributed by atoms with E-state index in [1.54, 1.807) is 0 Å². The summed E-state index contributed by atoms with van der Waals surface area (Å²) in [6.07, 6.45) is 9.07.